The van der Waals surface area contributed by atoms with Crippen LogP contribution < -0.4 is 0 Å². The molecule has 2 heterocycles. The Morgan fingerprint density at radius 1 is 0.794 bits per heavy atom. The number of rotatable bonds is 9. The highest BCUT2D eigenvalue weighted by Crippen LogP contribution is 2.30. The van der Waals surface area contributed by atoms with Crippen molar-refractivity contribution < 1.29 is 0 Å². The number of hydrogen-bond donors (Lipinski definition) is 1. The van der Waals surface area contributed by atoms with Crippen LogP contribution in [0, 0.1) is 0 Å². The number of H-pyrrole nitrogens is 1. The lowest BCUT2D eigenvalue weighted by molar-refractivity contribution is 0.546. The highest BCUT2D eigenvalue weighted by atomic mass is 15.5. The van der Waals surface area contributed by atoms with E-state index < -0.39 is 0 Å². The number of nitrogens with zero attached hydrogens (tertiary/aromatic N) is 6. The maximum Gasteiger partial charge on any atom is 0.205 e. The van der Waals surface area contributed by atoms with Crippen molar-refractivity contribution in [3.8, 4) is 22.5 Å². The topological polar surface area (TPSA) is 85.2 Å². The molecule has 0 aliphatic rings. The van der Waals surface area contributed by atoms with Crippen LogP contribution in [0.1, 0.15) is 42.5 Å². The molecule has 0 saturated heterocycles. The van der Waals surface area contributed by atoms with Gasteiger partial charge in [-0.2, -0.15) is 10.3 Å². The van der Waals surface area contributed by atoms with E-state index in [1.54, 1.807) is 0 Å². The summed E-state index contributed by atoms with van der Waals surface area (Å²) in [5, 5.41) is 19.4. The zero-order chi connectivity index (χ0) is 23.2. The van der Waals surface area contributed by atoms with Gasteiger partial charge in [0.25, 0.3) is 0 Å². The monoisotopic (exact) mass is 449 g/mol. The number of nitrogens with one attached hydrogen (secondary N) is 1. The fourth-order valence-corrected chi connectivity index (χ4v) is 4.09. The largest absolute Gasteiger partial charge is 0.249 e. The molecule has 0 unspecified atom stereocenters. The molecule has 2 aromatic heterocycles. The lowest BCUT2D eigenvalue weighted by Crippen LogP contribution is -2.06. The minimum Gasteiger partial charge on any atom is -0.249 e. The number of aryl methyl sites for hydroxylation is 1. The molecule has 0 amide bonds. The van der Waals surface area contributed by atoms with Gasteiger partial charge in [-0.3, -0.25) is 0 Å². The Kier molecular flexibility index (Phi) is 6.52. The van der Waals surface area contributed by atoms with Crippen molar-refractivity contribution in [3.05, 3.63) is 102 Å². The lowest BCUT2D eigenvalue weighted by atomic mass is 9.98. The summed E-state index contributed by atoms with van der Waals surface area (Å²) in [5.74, 6) is 2.48. The van der Waals surface area contributed by atoms with Gasteiger partial charge in [0.05, 0.1) is 0 Å². The first-order valence-electron chi connectivity index (χ1n) is 11.7. The van der Waals surface area contributed by atoms with E-state index in [0.29, 0.717) is 5.82 Å². The Balaban J connectivity index is 1.38. The van der Waals surface area contributed by atoms with Crippen molar-refractivity contribution in [2.75, 3.05) is 0 Å². The number of aromatic amines is 1. The van der Waals surface area contributed by atoms with Crippen LogP contribution in [-0.4, -0.2) is 35.4 Å². The van der Waals surface area contributed by atoms with Crippen LogP contribution in [0.15, 0.2) is 78.9 Å². The molecule has 0 aliphatic carbocycles. The van der Waals surface area contributed by atoms with Gasteiger partial charge in [-0.15, -0.1) is 10.2 Å². The summed E-state index contributed by atoms with van der Waals surface area (Å²) < 4.78 is 2.08. The Hall–Kier alpha value is -4.13. The molecule has 0 bridgehead atoms. The first-order valence-corrected chi connectivity index (χ1v) is 11.7. The van der Waals surface area contributed by atoms with Gasteiger partial charge in [-0.05, 0) is 33.9 Å². The van der Waals surface area contributed by atoms with Gasteiger partial charge in [0, 0.05) is 24.9 Å². The van der Waals surface area contributed by atoms with E-state index in [2.05, 4.69) is 86.8 Å². The Bertz CT molecular complexity index is 1320. The first kappa shape index (κ1) is 21.7. The predicted molar refractivity (Wildman–Crippen MR) is 132 cm³/mol. The number of hydrogen-bond acceptors (Lipinski definition) is 5. The lowest BCUT2D eigenvalue weighted by Gasteiger charge is -2.09. The summed E-state index contributed by atoms with van der Waals surface area (Å²) >= 11 is 0. The molecule has 1 N–H and O–H groups in total. The SMILES string of the molecule is CCCCn1nc(Cc2ccccc2)nc1Cc1ccc(-c2ccccc2-c2nn[nH]n2)cc1. The van der Waals surface area contributed by atoms with E-state index in [4.69, 9.17) is 10.1 Å². The van der Waals surface area contributed by atoms with Crippen molar-refractivity contribution >= 4 is 0 Å². The second-order valence-corrected chi connectivity index (χ2v) is 8.34. The average Bonchev–Trinajstić information content (AvgIpc) is 3.54. The van der Waals surface area contributed by atoms with Gasteiger partial charge in [0.1, 0.15) is 5.82 Å². The third kappa shape index (κ3) is 4.93. The second-order valence-electron chi connectivity index (χ2n) is 8.34. The van der Waals surface area contributed by atoms with Gasteiger partial charge in [-0.1, -0.05) is 92.2 Å². The normalized spacial score (nSPS) is 11.1. The standard InChI is InChI=1S/C27H27N7/c1-2-3-17-34-26(28-25(31-34)18-20-9-5-4-6-10-20)19-21-13-15-22(16-14-21)23-11-7-8-12-24(23)27-29-32-33-30-27/h4-16H,2-3,17-19H2,1H3,(H,29,30,32,33). The molecule has 34 heavy (non-hydrogen) atoms. The molecule has 170 valence electrons. The van der Waals surface area contributed by atoms with E-state index in [-0.39, 0.29) is 0 Å². The molecule has 0 atom stereocenters. The van der Waals surface area contributed by atoms with Crippen LogP contribution in [0.2, 0.25) is 0 Å². The highest BCUT2D eigenvalue weighted by molar-refractivity contribution is 5.80. The van der Waals surface area contributed by atoms with E-state index in [0.717, 1.165) is 60.6 Å². The van der Waals surface area contributed by atoms with E-state index in [1.807, 2.05) is 24.3 Å². The van der Waals surface area contributed by atoms with E-state index in [9.17, 15) is 0 Å². The highest BCUT2D eigenvalue weighted by Gasteiger charge is 2.13. The molecule has 0 spiro atoms. The number of benzene rings is 3. The number of tetrazole rings is 1. The van der Waals surface area contributed by atoms with Gasteiger partial charge >= 0.3 is 0 Å². The molecule has 3 aromatic carbocycles. The summed E-state index contributed by atoms with van der Waals surface area (Å²) in [7, 11) is 0. The van der Waals surface area contributed by atoms with Crippen molar-refractivity contribution in [3.63, 3.8) is 0 Å². The molecular formula is C27H27N7. The molecule has 0 aliphatic heterocycles. The van der Waals surface area contributed by atoms with Crippen LogP contribution in [0.25, 0.3) is 22.5 Å². The van der Waals surface area contributed by atoms with Gasteiger partial charge in [-0.25, -0.2) is 9.67 Å². The molecule has 7 heteroatoms. The van der Waals surface area contributed by atoms with Gasteiger partial charge in [0.15, 0.2) is 5.82 Å². The van der Waals surface area contributed by atoms with Crippen molar-refractivity contribution in [1.82, 2.24) is 35.4 Å². The smallest absolute Gasteiger partial charge is 0.205 e. The van der Waals surface area contributed by atoms with Crippen LogP contribution >= 0.6 is 0 Å². The fourth-order valence-electron chi connectivity index (χ4n) is 4.09. The van der Waals surface area contributed by atoms with Crippen molar-refractivity contribution in [2.45, 2.75) is 39.2 Å². The third-order valence-electron chi connectivity index (χ3n) is 5.86. The maximum atomic E-state index is 4.91. The molecule has 5 rings (SSSR count). The zero-order valence-electron chi connectivity index (χ0n) is 19.2. The van der Waals surface area contributed by atoms with Gasteiger partial charge < -0.3 is 0 Å². The Labute approximate surface area is 198 Å². The maximum absolute atomic E-state index is 4.91. The molecule has 0 radical (unpaired) electrons. The molecular weight excluding hydrogens is 422 g/mol. The minimum atomic E-state index is 0.592. The first-order chi connectivity index (χ1) is 16.8. The third-order valence-corrected chi connectivity index (χ3v) is 5.86. The number of unbranched alkanes of at least 4 members (excludes halogenated alkanes) is 1. The molecule has 0 fully saturated rings. The van der Waals surface area contributed by atoms with Crippen LogP contribution in [0.4, 0.5) is 0 Å². The zero-order valence-corrected chi connectivity index (χ0v) is 19.2. The Morgan fingerprint density at radius 3 is 2.26 bits per heavy atom. The number of aromatic nitrogens is 7. The summed E-state index contributed by atoms with van der Waals surface area (Å²) in [6.45, 7) is 3.09. The summed E-state index contributed by atoms with van der Waals surface area (Å²) in [4.78, 5) is 4.91. The molecule has 7 nitrogen and oxygen atoms in total. The summed E-state index contributed by atoms with van der Waals surface area (Å²) in [6, 6.07) is 27.1. The summed E-state index contributed by atoms with van der Waals surface area (Å²) in [6.07, 6.45) is 3.71. The van der Waals surface area contributed by atoms with Crippen LogP contribution in [0.5, 0.6) is 0 Å². The molecule has 5 aromatic rings. The van der Waals surface area contributed by atoms with E-state index >= 15 is 0 Å². The van der Waals surface area contributed by atoms with Crippen LogP contribution in [0.3, 0.4) is 0 Å². The fraction of sp³-hybridized carbons (Fsp3) is 0.222. The van der Waals surface area contributed by atoms with Crippen LogP contribution in [-0.2, 0) is 19.4 Å². The average molecular weight is 450 g/mol. The minimum absolute atomic E-state index is 0.592. The van der Waals surface area contributed by atoms with E-state index in [1.165, 1.54) is 11.1 Å². The Morgan fingerprint density at radius 2 is 1.53 bits per heavy atom. The predicted octanol–water partition coefficient (Wildman–Crippen LogP) is 5.11. The van der Waals surface area contributed by atoms with Crippen molar-refractivity contribution in [2.24, 2.45) is 0 Å². The second kappa shape index (κ2) is 10.2. The van der Waals surface area contributed by atoms with Crippen molar-refractivity contribution in [1.29, 1.82) is 0 Å². The van der Waals surface area contributed by atoms with Gasteiger partial charge in [0.2, 0.25) is 5.82 Å². The summed E-state index contributed by atoms with van der Waals surface area (Å²) in [5.41, 5.74) is 5.57. The quantitative estimate of drug-likeness (QED) is 0.338. The molecule has 0 saturated carbocycles.